The average Bonchev–Trinajstić information content (AvgIpc) is 3.05. The molecule has 126 valence electrons. The molecule has 0 aliphatic rings. The van der Waals surface area contributed by atoms with Gasteiger partial charge >= 0.3 is 0 Å². The van der Waals surface area contributed by atoms with Gasteiger partial charge in [-0.3, -0.25) is 14.0 Å². The standard InChI is InChI=1S/C16H18N4O3S/c1-9-6-15(22)20-12(8-24-16(20)18-9)4-5-17-14(21)7-13-10(2)19-23-11(13)3/h6,8H,4-5,7H2,1-3H3,(H,17,21). The van der Waals surface area contributed by atoms with Gasteiger partial charge in [-0.2, -0.15) is 0 Å². The maximum Gasteiger partial charge on any atom is 0.258 e. The number of fused-ring (bicyclic) bond motifs is 1. The third-order valence-electron chi connectivity index (χ3n) is 3.83. The molecule has 0 saturated heterocycles. The Morgan fingerprint density at radius 1 is 1.38 bits per heavy atom. The number of carbonyl (C=O) groups is 1. The molecule has 0 aromatic carbocycles. The Morgan fingerprint density at radius 2 is 2.17 bits per heavy atom. The molecule has 3 aromatic rings. The van der Waals surface area contributed by atoms with Crippen molar-refractivity contribution in [3.05, 3.63) is 50.2 Å². The molecule has 0 spiro atoms. The molecular weight excluding hydrogens is 328 g/mol. The van der Waals surface area contributed by atoms with Gasteiger partial charge < -0.3 is 9.84 Å². The quantitative estimate of drug-likeness (QED) is 0.757. The van der Waals surface area contributed by atoms with Gasteiger partial charge in [0.2, 0.25) is 5.91 Å². The lowest BCUT2D eigenvalue weighted by Gasteiger charge is -2.05. The molecule has 1 amide bonds. The van der Waals surface area contributed by atoms with E-state index >= 15 is 0 Å². The van der Waals surface area contributed by atoms with Crippen LogP contribution in [0.2, 0.25) is 0 Å². The fourth-order valence-corrected chi connectivity index (χ4v) is 3.54. The molecule has 0 unspecified atom stereocenters. The van der Waals surface area contributed by atoms with Crippen LogP contribution in [0.1, 0.15) is 28.4 Å². The molecular formula is C16H18N4O3S. The van der Waals surface area contributed by atoms with Gasteiger partial charge in [0.05, 0.1) is 12.1 Å². The van der Waals surface area contributed by atoms with Gasteiger partial charge in [-0.15, -0.1) is 11.3 Å². The smallest absolute Gasteiger partial charge is 0.258 e. The lowest BCUT2D eigenvalue weighted by molar-refractivity contribution is -0.120. The Bertz CT molecular complexity index is 935. The molecule has 0 atom stereocenters. The van der Waals surface area contributed by atoms with Crippen molar-refractivity contribution in [3.63, 3.8) is 0 Å². The Kier molecular flexibility index (Phi) is 4.48. The molecule has 0 aliphatic carbocycles. The molecule has 8 heteroatoms. The van der Waals surface area contributed by atoms with Crippen molar-refractivity contribution in [2.45, 2.75) is 33.6 Å². The van der Waals surface area contributed by atoms with Crippen LogP contribution in [0.15, 0.2) is 20.8 Å². The maximum atomic E-state index is 12.1. The minimum absolute atomic E-state index is 0.0872. The first-order chi connectivity index (χ1) is 11.5. The van der Waals surface area contributed by atoms with Crippen LogP contribution in [0.3, 0.4) is 0 Å². The van der Waals surface area contributed by atoms with Crippen LogP contribution in [0.5, 0.6) is 0 Å². The summed E-state index contributed by atoms with van der Waals surface area (Å²) in [7, 11) is 0. The van der Waals surface area contributed by atoms with Crippen LogP contribution in [0.25, 0.3) is 4.96 Å². The van der Waals surface area contributed by atoms with Crippen molar-refractivity contribution in [1.29, 1.82) is 0 Å². The number of rotatable bonds is 5. The summed E-state index contributed by atoms with van der Waals surface area (Å²) in [5.41, 5.74) is 3.03. The first-order valence-corrected chi connectivity index (χ1v) is 8.49. The van der Waals surface area contributed by atoms with Crippen molar-refractivity contribution in [2.75, 3.05) is 6.54 Å². The van der Waals surface area contributed by atoms with Gasteiger partial charge in [0.15, 0.2) is 4.96 Å². The number of hydrogen-bond acceptors (Lipinski definition) is 6. The summed E-state index contributed by atoms with van der Waals surface area (Å²) in [4.78, 5) is 29.2. The maximum absolute atomic E-state index is 12.1. The van der Waals surface area contributed by atoms with Crippen LogP contribution >= 0.6 is 11.3 Å². The fourth-order valence-electron chi connectivity index (χ4n) is 2.57. The lowest BCUT2D eigenvalue weighted by atomic mass is 10.1. The van der Waals surface area contributed by atoms with E-state index in [1.807, 2.05) is 12.3 Å². The van der Waals surface area contributed by atoms with E-state index in [9.17, 15) is 9.59 Å². The van der Waals surface area contributed by atoms with Gasteiger partial charge in [0.25, 0.3) is 5.56 Å². The van der Waals surface area contributed by atoms with Crippen LogP contribution in [0.4, 0.5) is 0 Å². The van der Waals surface area contributed by atoms with E-state index < -0.39 is 0 Å². The monoisotopic (exact) mass is 346 g/mol. The minimum atomic E-state index is -0.0924. The van der Waals surface area contributed by atoms with E-state index in [0.717, 1.165) is 17.0 Å². The van der Waals surface area contributed by atoms with Crippen LogP contribution < -0.4 is 10.9 Å². The lowest BCUT2D eigenvalue weighted by Crippen LogP contribution is -2.28. The highest BCUT2D eigenvalue weighted by atomic mass is 32.1. The first kappa shape index (κ1) is 16.4. The number of aryl methyl sites for hydroxylation is 3. The van der Waals surface area contributed by atoms with Gasteiger partial charge in [0, 0.05) is 41.4 Å². The largest absolute Gasteiger partial charge is 0.361 e. The molecule has 0 radical (unpaired) electrons. The molecule has 3 aromatic heterocycles. The molecule has 0 saturated carbocycles. The predicted molar refractivity (Wildman–Crippen MR) is 90.5 cm³/mol. The van der Waals surface area contributed by atoms with Crippen LogP contribution in [0, 0.1) is 20.8 Å². The predicted octanol–water partition coefficient (Wildman–Crippen LogP) is 1.57. The SMILES string of the molecule is Cc1cc(=O)n2c(CCNC(=O)Cc3c(C)noc3C)csc2n1. The van der Waals surface area contributed by atoms with Crippen LogP contribution in [-0.2, 0) is 17.6 Å². The summed E-state index contributed by atoms with van der Waals surface area (Å²) in [5, 5.41) is 8.62. The van der Waals surface area contributed by atoms with Crippen molar-refractivity contribution >= 4 is 22.2 Å². The highest BCUT2D eigenvalue weighted by Crippen LogP contribution is 2.14. The molecule has 24 heavy (non-hydrogen) atoms. The van der Waals surface area contributed by atoms with Crippen molar-refractivity contribution < 1.29 is 9.32 Å². The highest BCUT2D eigenvalue weighted by molar-refractivity contribution is 7.15. The first-order valence-electron chi connectivity index (χ1n) is 7.61. The van der Waals surface area contributed by atoms with Crippen molar-refractivity contribution in [1.82, 2.24) is 19.9 Å². The highest BCUT2D eigenvalue weighted by Gasteiger charge is 2.13. The van der Waals surface area contributed by atoms with E-state index in [0.29, 0.717) is 29.4 Å². The second kappa shape index (κ2) is 6.56. The Balaban J connectivity index is 1.63. The van der Waals surface area contributed by atoms with Gasteiger partial charge in [0.1, 0.15) is 5.76 Å². The Morgan fingerprint density at radius 3 is 2.88 bits per heavy atom. The molecule has 7 nitrogen and oxygen atoms in total. The molecule has 0 bridgehead atoms. The summed E-state index contributed by atoms with van der Waals surface area (Å²) in [6.45, 7) is 5.86. The van der Waals surface area contributed by atoms with E-state index in [2.05, 4.69) is 15.5 Å². The number of nitrogens with one attached hydrogen (secondary N) is 1. The minimum Gasteiger partial charge on any atom is -0.361 e. The summed E-state index contributed by atoms with van der Waals surface area (Å²) in [6.07, 6.45) is 0.810. The number of thiazole rings is 1. The second-order valence-corrected chi connectivity index (χ2v) is 6.50. The molecule has 3 heterocycles. The summed E-state index contributed by atoms with van der Waals surface area (Å²) in [5.74, 6) is 0.574. The molecule has 0 aliphatic heterocycles. The Labute approximate surface area is 142 Å². The third kappa shape index (κ3) is 3.23. The zero-order valence-corrected chi connectivity index (χ0v) is 14.6. The summed E-state index contributed by atoms with van der Waals surface area (Å²) < 4.78 is 6.65. The fraction of sp³-hybridized carbons (Fsp3) is 0.375. The van der Waals surface area contributed by atoms with Crippen LogP contribution in [-0.4, -0.2) is 27.0 Å². The van der Waals surface area contributed by atoms with E-state index in [1.165, 1.54) is 17.4 Å². The van der Waals surface area contributed by atoms with Gasteiger partial charge in [-0.25, -0.2) is 4.98 Å². The third-order valence-corrected chi connectivity index (χ3v) is 4.70. The Hall–Kier alpha value is -2.48. The number of nitrogens with zero attached hydrogens (tertiary/aromatic N) is 3. The van der Waals surface area contributed by atoms with E-state index in [1.54, 1.807) is 18.2 Å². The summed E-state index contributed by atoms with van der Waals surface area (Å²) >= 11 is 1.43. The topological polar surface area (TPSA) is 89.5 Å². The summed E-state index contributed by atoms with van der Waals surface area (Å²) in [6, 6.07) is 1.51. The number of aromatic nitrogens is 3. The van der Waals surface area contributed by atoms with E-state index in [4.69, 9.17) is 4.52 Å². The van der Waals surface area contributed by atoms with Crippen molar-refractivity contribution in [3.8, 4) is 0 Å². The molecule has 0 fully saturated rings. The van der Waals surface area contributed by atoms with Crippen molar-refractivity contribution in [2.24, 2.45) is 0 Å². The zero-order valence-electron chi connectivity index (χ0n) is 13.8. The number of hydrogen-bond donors (Lipinski definition) is 1. The molecule has 1 N–H and O–H groups in total. The van der Waals surface area contributed by atoms with Gasteiger partial charge in [-0.1, -0.05) is 5.16 Å². The zero-order chi connectivity index (χ0) is 17.3. The van der Waals surface area contributed by atoms with E-state index in [-0.39, 0.29) is 17.9 Å². The average molecular weight is 346 g/mol. The number of carbonyl (C=O) groups excluding carboxylic acids is 1. The second-order valence-electron chi connectivity index (χ2n) is 5.66. The number of amides is 1. The normalized spacial score (nSPS) is 11.1. The molecule has 3 rings (SSSR count). The van der Waals surface area contributed by atoms with Gasteiger partial charge in [-0.05, 0) is 20.8 Å².